The third kappa shape index (κ3) is 99.6. The van der Waals surface area contributed by atoms with E-state index < -0.39 is 0 Å². The monoisotopic (exact) mass is 1580 g/mol. The van der Waals surface area contributed by atoms with Gasteiger partial charge in [0.1, 0.15) is 75.8 Å². The van der Waals surface area contributed by atoms with E-state index in [0.29, 0.717) is 0 Å². The van der Waals surface area contributed by atoms with Crippen LogP contribution in [-0.4, -0.2) is 18.3 Å². The van der Waals surface area contributed by atoms with Gasteiger partial charge in [0, 0.05) is 169 Å². The van der Waals surface area contributed by atoms with E-state index >= 15 is 0 Å². The van der Waals surface area contributed by atoms with Gasteiger partial charge < -0.3 is 142 Å². The fraction of sp³-hybridized carbons (Fsp3) is 0.400. The van der Waals surface area contributed by atoms with Gasteiger partial charge in [-0.3, -0.25) is 0 Å². The third-order valence-corrected chi connectivity index (χ3v) is 4.53. The minimum absolute atomic E-state index is 0. The summed E-state index contributed by atoms with van der Waals surface area (Å²) in [6.45, 7) is 4.04. The summed E-state index contributed by atoms with van der Waals surface area (Å²) in [6.07, 6.45) is 24.9. The van der Waals surface area contributed by atoms with E-state index in [1.54, 1.807) is 0 Å². The normalized spacial score (nSPS) is 4.84. The van der Waals surface area contributed by atoms with Crippen LogP contribution in [0.4, 0.5) is 0 Å². The zero-order chi connectivity index (χ0) is 19.9. The Balaban J connectivity index is -0.00000000625. The van der Waals surface area contributed by atoms with E-state index in [4.69, 9.17) is 0 Å². The Morgan fingerprint density at radius 1 is 0.226 bits per heavy atom. The minimum Gasteiger partial charge on any atom is -2.00 e. The Bertz CT molecular complexity index is 915. The summed E-state index contributed by atoms with van der Waals surface area (Å²) in [4.78, 5) is 0. The van der Waals surface area contributed by atoms with Gasteiger partial charge in [0.15, 0.2) is 0 Å². The standard InChI is InChI=1S/2C10H16N4.8Mo.26O/c2*1-11-3-5-13(9-11)7-8-14-6-4-12(2)10-14;;;;;;;;;;;;;;;;;;;;;;;;;;;;;;;;;;/h2*3-6,9-10H,7-8H2,1-2H3;;;;;;;;;;;;;;;;;;;;;;;;;;;;;;;;;;/q2*+2;;;;;;;;;26*-2. The predicted molar refractivity (Wildman–Crippen MR) is 120 cm³/mol. The summed E-state index contributed by atoms with van der Waals surface area (Å²) in [6, 6.07) is 0. The summed E-state index contributed by atoms with van der Waals surface area (Å²) in [5.41, 5.74) is 0. The first-order valence-electron chi connectivity index (χ1n) is 9.52. The molecule has 0 unspecified atom stereocenters. The van der Waals surface area contributed by atoms with Crippen molar-refractivity contribution >= 4 is 0 Å². The van der Waals surface area contributed by atoms with Crippen molar-refractivity contribution in [3.05, 3.63) is 74.9 Å². The maximum Gasteiger partial charge on any atom is 0.243 e. The molecule has 0 fully saturated rings. The molecular formula is C20H32Mo8N8O26-48. The molecule has 0 aliphatic carbocycles. The molecule has 42 heteroatoms. The van der Waals surface area contributed by atoms with Gasteiger partial charge in [-0.15, -0.1) is 0 Å². The number of hydrogen-bond acceptors (Lipinski definition) is 0. The second-order valence-electron chi connectivity index (χ2n) is 7.27. The van der Waals surface area contributed by atoms with Crippen LogP contribution in [0.2, 0.25) is 0 Å². The van der Waals surface area contributed by atoms with Crippen LogP contribution >= 0.6 is 0 Å². The Morgan fingerprint density at radius 2 is 0.323 bits per heavy atom. The van der Waals surface area contributed by atoms with Crippen molar-refractivity contribution in [2.75, 3.05) is 0 Å². The van der Waals surface area contributed by atoms with Crippen LogP contribution in [0.1, 0.15) is 0 Å². The van der Waals surface area contributed by atoms with Crippen LogP contribution in [0.3, 0.4) is 0 Å². The van der Waals surface area contributed by atoms with E-state index in [1.807, 2.05) is 28.2 Å². The number of imidazole rings is 4. The van der Waals surface area contributed by atoms with Crippen LogP contribution in [-0.2, 0) is 365 Å². The Morgan fingerprint density at radius 3 is 0.387 bits per heavy atom. The number of rotatable bonds is 6. The molecule has 0 saturated heterocycles. The van der Waals surface area contributed by atoms with Gasteiger partial charge in [0.25, 0.3) is 0 Å². The molecule has 404 valence electrons. The van der Waals surface area contributed by atoms with Crippen molar-refractivity contribution < 1.29 is 329 Å². The number of aryl methyl sites for hydroxylation is 8. The third-order valence-electron chi connectivity index (χ3n) is 4.53. The van der Waals surface area contributed by atoms with Gasteiger partial charge in [-0.1, -0.05) is 0 Å². The average Bonchev–Trinajstić information content (AvgIpc) is 3.43. The molecule has 0 aliphatic heterocycles. The topological polar surface area (TPSA) is 776 Å². The van der Waals surface area contributed by atoms with Gasteiger partial charge in [-0.05, 0) is 0 Å². The van der Waals surface area contributed by atoms with Crippen molar-refractivity contribution in [2.24, 2.45) is 28.2 Å². The Hall–Kier alpha value is 1.31. The Labute approximate surface area is 472 Å². The second-order valence-corrected chi connectivity index (χ2v) is 7.27. The van der Waals surface area contributed by atoms with E-state index in [9.17, 15) is 0 Å². The quantitative estimate of drug-likeness (QED) is 0.132. The summed E-state index contributed by atoms with van der Waals surface area (Å²) < 4.78 is 16.9. The molecule has 0 amide bonds. The van der Waals surface area contributed by atoms with Gasteiger partial charge >= 0.3 is 0 Å². The zero-order valence-corrected chi connectivity index (χ0v) is 47.3. The van der Waals surface area contributed by atoms with Crippen LogP contribution in [0.5, 0.6) is 0 Å². The van der Waals surface area contributed by atoms with Crippen molar-refractivity contribution in [3.8, 4) is 0 Å². The van der Waals surface area contributed by atoms with Crippen molar-refractivity contribution in [1.29, 1.82) is 0 Å². The Kier molecular flexibility index (Phi) is 555. The van der Waals surface area contributed by atoms with E-state index in [0.717, 1.165) is 26.2 Å². The van der Waals surface area contributed by atoms with Crippen LogP contribution in [0, 0.1) is 0 Å². The smallest absolute Gasteiger partial charge is 0.243 e. The maximum atomic E-state index is 2.18. The molecule has 0 saturated carbocycles. The van der Waals surface area contributed by atoms with Gasteiger partial charge in [0.05, 0.1) is 28.2 Å². The van der Waals surface area contributed by atoms with E-state index in [1.165, 1.54) is 0 Å². The molecule has 0 spiro atoms. The molecule has 62 heavy (non-hydrogen) atoms. The second kappa shape index (κ2) is 137. The molecule has 34 nitrogen and oxygen atoms in total. The molecular weight excluding hydrogens is 1540 g/mol. The largest absolute Gasteiger partial charge is 2.00 e. The molecule has 0 aromatic carbocycles. The minimum atomic E-state index is 0. The van der Waals surface area contributed by atoms with Crippen molar-refractivity contribution in [2.45, 2.75) is 26.2 Å². The molecule has 4 heterocycles. The fourth-order valence-electron chi connectivity index (χ4n) is 3.00. The van der Waals surface area contributed by atoms with Gasteiger partial charge in [-0.25, -0.2) is 36.5 Å². The van der Waals surface area contributed by atoms with E-state index in [-0.39, 0.29) is 311 Å². The first kappa shape index (κ1) is 251. The fourth-order valence-corrected chi connectivity index (χ4v) is 3.00. The molecule has 4 rings (SSSR count). The van der Waals surface area contributed by atoms with Gasteiger partial charge in [0.2, 0.25) is 25.3 Å². The summed E-state index contributed by atoms with van der Waals surface area (Å²) >= 11 is 0. The molecule has 0 aliphatic rings. The van der Waals surface area contributed by atoms with Crippen molar-refractivity contribution in [1.82, 2.24) is 18.3 Å². The molecule has 4 aromatic heterocycles. The van der Waals surface area contributed by atoms with Gasteiger partial charge in [-0.2, -0.15) is 0 Å². The molecule has 0 radical (unpaired) electrons. The number of aromatic nitrogens is 8. The molecule has 4 aromatic rings. The van der Waals surface area contributed by atoms with E-state index in [2.05, 4.69) is 111 Å². The zero-order valence-electron chi connectivity index (χ0n) is 31.2. The SMILES string of the molecule is C[n+]1ccn(CCn2cc[n+](C)c2)c1.C[n+]1ccn(CCn2cc[n+](C)c2)c1.[Mo].[Mo].[Mo].[Mo].[Mo].[Mo].[Mo].[Mo].[O-2].[O-2].[O-2].[O-2].[O-2].[O-2].[O-2].[O-2].[O-2].[O-2].[O-2].[O-2].[O-2].[O-2].[O-2].[O-2].[O-2].[O-2].[O-2].[O-2].[O-2].[O-2].[O-2].[O-2].[O-2].[O-2]. The summed E-state index contributed by atoms with van der Waals surface area (Å²) in [5.74, 6) is 0. The average molecular weight is 1570 g/mol. The first-order valence-corrected chi connectivity index (χ1v) is 9.52. The first-order chi connectivity index (χ1) is 13.5. The maximum absolute atomic E-state index is 2.18. The van der Waals surface area contributed by atoms with Crippen LogP contribution < -0.4 is 18.3 Å². The number of nitrogens with zero attached hydrogens (tertiary/aromatic N) is 8. The summed E-state index contributed by atoms with van der Waals surface area (Å²) in [7, 11) is 8.14. The number of hydrogen-bond donors (Lipinski definition) is 0. The predicted octanol–water partition coefficient (Wildman–Crippen LogP) is -3.83. The molecule has 0 N–H and O–H groups in total. The van der Waals surface area contributed by atoms with Crippen molar-refractivity contribution in [3.63, 3.8) is 0 Å². The summed E-state index contributed by atoms with van der Waals surface area (Å²) in [5, 5.41) is 0. The van der Waals surface area contributed by atoms with Crippen LogP contribution in [0.15, 0.2) is 74.9 Å². The van der Waals surface area contributed by atoms with Crippen LogP contribution in [0.25, 0.3) is 0 Å². The molecule has 0 bridgehead atoms. The molecule has 0 atom stereocenters.